The first-order valence-corrected chi connectivity index (χ1v) is 7.39. The van der Waals surface area contributed by atoms with Crippen molar-refractivity contribution in [1.29, 1.82) is 0 Å². The molecular weight excluding hydrogens is 230 g/mol. The molecule has 0 aromatic rings. The highest BCUT2D eigenvalue weighted by Crippen LogP contribution is 2.35. The molecule has 18 heavy (non-hydrogen) atoms. The zero-order valence-corrected chi connectivity index (χ0v) is 11.1. The van der Waals surface area contributed by atoms with Gasteiger partial charge in [0.1, 0.15) is 0 Å². The van der Waals surface area contributed by atoms with Crippen molar-refractivity contribution in [3.8, 4) is 0 Å². The molecule has 4 nitrogen and oxygen atoms in total. The van der Waals surface area contributed by atoms with Gasteiger partial charge in [-0.2, -0.15) is 0 Å². The maximum Gasteiger partial charge on any atom is 0.0961 e. The standard InChI is InChI=1S/C14H25NO3/c15-11-1-3-12(4-2-11)18-13-5-7-17-14(9-13)6-8-16-10-14/h11-13H,1-10,15H2. The molecule has 2 heterocycles. The van der Waals surface area contributed by atoms with Crippen molar-refractivity contribution in [3.63, 3.8) is 0 Å². The molecule has 2 aliphatic heterocycles. The maximum absolute atomic E-state index is 6.28. The van der Waals surface area contributed by atoms with Gasteiger partial charge >= 0.3 is 0 Å². The van der Waals surface area contributed by atoms with Crippen molar-refractivity contribution >= 4 is 0 Å². The van der Waals surface area contributed by atoms with Gasteiger partial charge in [0.25, 0.3) is 0 Å². The zero-order chi connectivity index (χ0) is 12.4. The van der Waals surface area contributed by atoms with Crippen molar-refractivity contribution in [2.24, 2.45) is 5.73 Å². The molecule has 0 amide bonds. The maximum atomic E-state index is 6.28. The van der Waals surface area contributed by atoms with Gasteiger partial charge in [-0.05, 0) is 32.1 Å². The third-order valence-electron chi connectivity index (χ3n) is 4.62. The van der Waals surface area contributed by atoms with Gasteiger partial charge in [0.05, 0.1) is 24.4 Å². The summed E-state index contributed by atoms with van der Waals surface area (Å²) < 4.78 is 17.7. The quantitative estimate of drug-likeness (QED) is 0.814. The average Bonchev–Trinajstić information content (AvgIpc) is 2.80. The Balaban J connectivity index is 1.50. The van der Waals surface area contributed by atoms with Crippen LogP contribution >= 0.6 is 0 Å². The Bertz CT molecular complexity index is 270. The minimum absolute atomic E-state index is 0.0337. The van der Waals surface area contributed by atoms with Crippen LogP contribution < -0.4 is 5.73 Å². The molecule has 0 radical (unpaired) electrons. The van der Waals surface area contributed by atoms with E-state index in [1.165, 1.54) is 0 Å². The van der Waals surface area contributed by atoms with Gasteiger partial charge in [0.15, 0.2) is 0 Å². The van der Waals surface area contributed by atoms with E-state index in [9.17, 15) is 0 Å². The highest BCUT2D eigenvalue weighted by Gasteiger charge is 2.42. The van der Waals surface area contributed by atoms with Gasteiger partial charge in [0.2, 0.25) is 0 Å². The number of nitrogens with two attached hydrogens (primary N) is 1. The van der Waals surface area contributed by atoms with E-state index in [1.807, 2.05) is 0 Å². The van der Waals surface area contributed by atoms with Crippen LogP contribution in [0.15, 0.2) is 0 Å². The van der Waals surface area contributed by atoms with Crippen LogP contribution in [0.4, 0.5) is 0 Å². The summed E-state index contributed by atoms with van der Waals surface area (Å²) in [6.45, 7) is 2.41. The van der Waals surface area contributed by atoms with Crippen LogP contribution in [0.1, 0.15) is 44.9 Å². The summed E-state index contributed by atoms with van der Waals surface area (Å²) >= 11 is 0. The molecule has 3 fully saturated rings. The van der Waals surface area contributed by atoms with E-state index in [2.05, 4.69) is 0 Å². The van der Waals surface area contributed by atoms with Gasteiger partial charge in [0, 0.05) is 32.1 Å². The molecule has 2 saturated heterocycles. The van der Waals surface area contributed by atoms with E-state index in [-0.39, 0.29) is 5.60 Å². The summed E-state index contributed by atoms with van der Waals surface area (Å²) in [5, 5.41) is 0. The van der Waals surface area contributed by atoms with Gasteiger partial charge in [-0.15, -0.1) is 0 Å². The van der Waals surface area contributed by atoms with Crippen LogP contribution in [-0.2, 0) is 14.2 Å². The molecule has 0 aromatic carbocycles. The lowest BCUT2D eigenvalue weighted by Crippen LogP contribution is -2.44. The predicted octanol–water partition coefficient (Wildman–Crippen LogP) is 1.61. The highest BCUT2D eigenvalue weighted by molar-refractivity contribution is 4.91. The Morgan fingerprint density at radius 2 is 1.83 bits per heavy atom. The van der Waals surface area contributed by atoms with E-state index in [4.69, 9.17) is 19.9 Å². The molecule has 104 valence electrons. The molecule has 0 aromatic heterocycles. The summed E-state index contributed by atoms with van der Waals surface area (Å²) in [6.07, 6.45) is 8.34. The van der Waals surface area contributed by atoms with Crippen molar-refractivity contribution in [3.05, 3.63) is 0 Å². The van der Waals surface area contributed by atoms with Crippen LogP contribution in [0.25, 0.3) is 0 Å². The normalized spacial score (nSPS) is 45.5. The Morgan fingerprint density at radius 1 is 1.00 bits per heavy atom. The Morgan fingerprint density at radius 3 is 2.56 bits per heavy atom. The second-order valence-electron chi connectivity index (χ2n) is 6.12. The van der Waals surface area contributed by atoms with Crippen molar-refractivity contribution < 1.29 is 14.2 Å². The monoisotopic (exact) mass is 255 g/mol. The minimum Gasteiger partial charge on any atom is -0.378 e. The molecule has 4 heteroatoms. The molecule has 0 bridgehead atoms. The van der Waals surface area contributed by atoms with Gasteiger partial charge in [-0.3, -0.25) is 0 Å². The van der Waals surface area contributed by atoms with Crippen LogP contribution in [0.2, 0.25) is 0 Å². The fourth-order valence-corrected chi connectivity index (χ4v) is 3.46. The summed E-state index contributed by atoms with van der Waals surface area (Å²) in [5.41, 5.74) is 5.90. The zero-order valence-electron chi connectivity index (χ0n) is 11.1. The van der Waals surface area contributed by atoms with E-state index in [0.717, 1.165) is 64.8 Å². The van der Waals surface area contributed by atoms with Crippen molar-refractivity contribution in [2.45, 2.75) is 68.8 Å². The lowest BCUT2D eigenvalue weighted by molar-refractivity contribution is -0.151. The second-order valence-corrected chi connectivity index (χ2v) is 6.12. The topological polar surface area (TPSA) is 53.7 Å². The molecular formula is C14H25NO3. The van der Waals surface area contributed by atoms with Gasteiger partial charge in [-0.1, -0.05) is 0 Å². The van der Waals surface area contributed by atoms with Crippen LogP contribution in [-0.4, -0.2) is 43.7 Å². The van der Waals surface area contributed by atoms with E-state index in [1.54, 1.807) is 0 Å². The molecule has 1 spiro atoms. The lowest BCUT2D eigenvalue weighted by atomic mass is 9.90. The largest absolute Gasteiger partial charge is 0.378 e. The number of hydrogen-bond acceptors (Lipinski definition) is 4. The summed E-state index contributed by atoms with van der Waals surface area (Å²) in [4.78, 5) is 0. The fraction of sp³-hybridized carbons (Fsp3) is 1.00. The van der Waals surface area contributed by atoms with E-state index >= 15 is 0 Å². The van der Waals surface area contributed by atoms with E-state index < -0.39 is 0 Å². The number of ether oxygens (including phenoxy) is 3. The predicted molar refractivity (Wildman–Crippen MR) is 68.5 cm³/mol. The first-order valence-electron chi connectivity index (χ1n) is 7.39. The molecule has 3 rings (SSSR count). The molecule has 1 saturated carbocycles. The third kappa shape index (κ3) is 2.87. The van der Waals surface area contributed by atoms with Crippen LogP contribution in [0.3, 0.4) is 0 Å². The lowest BCUT2D eigenvalue weighted by Gasteiger charge is -2.39. The highest BCUT2D eigenvalue weighted by atomic mass is 16.6. The summed E-state index contributed by atoms with van der Waals surface area (Å²) in [6, 6.07) is 0.397. The Kier molecular flexibility index (Phi) is 3.89. The smallest absolute Gasteiger partial charge is 0.0961 e. The second kappa shape index (κ2) is 5.45. The van der Waals surface area contributed by atoms with Crippen LogP contribution in [0, 0.1) is 0 Å². The molecule has 3 aliphatic rings. The first kappa shape index (κ1) is 12.9. The number of hydrogen-bond donors (Lipinski definition) is 1. The van der Waals surface area contributed by atoms with Gasteiger partial charge < -0.3 is 19.9 Å². The molecule has 1 aliphatic carbocycles. The summed E-state index contributed by atoms with van der Waals surface area (Å²) in [7, 11) is 0. The number of rotatable bonds is 2. The first-order chi connectivity index (χ1) is 8.76. The van der Waals surface area contributed by atoms with Crippen molar-refractivity contribution in [2.75, 3.05) is 19.8 Å². The summed E-state index contributed by atoms with van der Waals surface area (Å²) in [5.74, 6) is 0. The molecule has 2 N–H and O–H groups in total. The van der Waals surface area contributed by atoms with E-state index in [0.29, 0.717) is 18.2 Å². The fourth-order valence-electron chi connectivity index (χ4n) is 3.46. The van der Waals surface area contributed by atoms with Crippen molar-refractivity contribution in [1.82, 2.24) is 0 Å². The average molecular weight is 255 g/mol. The molecule has 2 atom stereocenters. The molecule has 2 unspecified atom stereocenters. The Labute approximate surface area is 109 Å². The SMILES string of the molecule is NC1CCC(OC2CCOC3(CCOC3)C2)CC1. The minimum atomic E-state index is -0.0337. The van der Waals surface area contributed by atoms with Gasteiger partial charge in [-0.25, -0.2) is 0 Å². The Hall–Kier alpha value is -0.160. The third-order valence-corrected chi connectivity index (χ3v) is 4.62. The van der Waals surface area contributed by atoms with Crippen LogP contribution in [0.5, 0.6) is 0 Å².